The highest BCUT2D eigenvalue weighted by molar-refractivity contribution is 6.32. The number of alkyl halides is 2. The Bertz CT molecular complexity index is 1020. The molecule has 0 aliphatic rings. The van der Waals surface area contributed by atoms with E-state index in [1.54, 1.807) is 0 Å². The number of carbonyl (C=O) groups excluding carboxylic acids is 1. The highest BCUT2D eigenvalue weighted by atomic mass is 35.5. The molecule has 0 aliphatic heterocycles. The molecule has 0 unspecified atom stereocenters. The number of anilines is 1. The predicted octanol–water partition coefficient (Wildman–Crippen LogP) is 4.38. The number of methoxy groups -OCH3 is 1. The Hall–Kier alpha value is -3.71. The van der Waals surface area contributed by atoms with E-state index in [2.05, 4.69) is 10.1 Å². The maximum absolute atomic E-state index is 12.5. The van der Waals surface area contributed by atoms with Crippen LogP contribution in [0.5, 0.6) is 11.5 Å². The highest BCUT2D eigenvalue weighted by Crippen LogP contribution is 2.36. The Morgan fingerprint density at radius 1 is 1.34 bits per heavy atom. The average Bonchev–Trinajstić information content (AvgIpc) is 2.66. The SMILES string of the molecule is COc1cc(/C=C/C(=O)Nc2ccc(C#N)c(Cl)c2)c([N+](=O)[O-])cc1OC(F)F. The lowest BCUT2D eigenvalue weighted by molar-refractivity contribution is -0.385. The molecule has 0 spiro atoms. The number of nitrogens with one attached hydrogen (secondary N) is 1. The summed E-state index contributed by atoms with van der Waals surface area (Å²) in [6, 6.07) is 7.99. The lowest BCUT2D eigenvalue weighted by Gasteiger charge is -2.10. The quantitative estimate of drug-likeness (QED) is 0.401. The maximum atomic E-state index is 12.5. The van der Waals surface area contributed by atoms with Gasteiger partial charge in [0.15, 0.2) is 11.5 Å². The molecule has 150 valence electrons. The molecule has 0 saturated carbocycles. The number of hydrogen-bond donors (Lipinski definition) is 1. The van der Waals surface area contributed by atoms with Gasteiger partial charge >= 0.3 is 6.61 Å². The van der Waals surface area contributed by atoms with E-state index in [0.717, 1.165) is 24.3 Å². The van der Waals surface area contributed by atoms with Gasteiger partial charge in [0.05, 0.1) is 34.2 Å². The van der Waals surface area contributed by atoms with Crippen LogP contribution in [-0.4, -0.2) is 24.6 Å². The molecular weight excluding hydrogens is 412 g/mol. The van der Waals surface area contributed by atoms with Crippen LogP contribution in [0.15, 0.2) is 36.4 Å². The van der Waals surface area contributed by atoms with E-state index in [1.807, 2.05) is 6.07 Å². The number of nitriles is 1. The first kappa shape index (κ1) is 21.6. The number of nitrogens with zero attached hydrogens (tertiary/aromatic N) is 2. The summed E-state index contributed by atoms with van der Waals surface area (Å²) in [7, 11) is 1.17. The first-order chi connectivity index (χ1) is 13.7. The molecule has 0 atom stereocenters. The van der Waals surface area contributed by atoms with Crippen molar-refractivity contribution >= 4 is 35.0 Å². The van der Waals surface area contributed by atoms with Gasteiger partial charge in [0.25, 0.3) is 5.69 Å². The predicted molar refractivity (Wildman–Crippen MR) is 100 cm³/mol. The molecule has 29 heavy (non-hydrogen) atoms. The van der Waals surface area contributed by atoms with E-state index in [9.17, 15) is 23.7 Å². The second kappa shape index (κ2) is 9.48. The number of nitro benzene ring substituents is 1. The first-order valence-electron chi connectivity index (χ1n) is 7.75. The van der Waals surface area contributed by atoms with Crippen molar-refractivity contribution in [3.8, 4) is 17.6 Å². The molecule has 0 heterocycles. The molecule has 2 rings (SSSR count). The van der Waals surface area contributed by atoms with Crippen molar-refractivity contribution in [3.63, 3.8) is 0 Å². The summed E-state index contributed by atoms with van der Waals surface area (Å²) in [4.78, 5) is 22.5. The standard InChI is InChI=1S/C18H12ClF2N3O5/c1-28-15-6-10(14(24(26)27)8-16(15)29-18(20)21)3-5-17(25)23-12-4-2-11(9-22)13(19)7-12/h2-8,18H,1H3,(H,23,25)/b5-3+. The molecule has 1 N–H and O–H groups in total. The molecule has 1 amide bonds. The van der Waals surface area contributed by atoms with Crippen molar-refractivity contribution in [1.29, 1.82) is 5.26 Å². The highest BCUT2D eigenvalue weighted by Gasteiger charge is 2.20. The first-order valence-corrected chi connectivity index (χ1v) is 8.13. The Balaban J connectivity index is 2.28. The molecule has 8 nitrogen and oxygen atoms in total. The van der Waals surface area contributed by atoms with Gasteiger partial charge in [-0.05, 0) is 30.3 Å². The maximum Gasteiger partial charge on any atom is 0.387 e. The van der Waals surface area contributed by atoms with Crippen molar-refractivity contribution in [2.45, 2.75) is 6.61 Å². The molecule has 2 aromatic carbocycles. The zero-order valence-electron chi connectivity index (χ0n) is 14.7. The third-order valence-electron chi connectivity index (χ3n) is 3.50. The minimum atomic E-state index is -3.20. The summed E-state index contributed by atoms with van der Waals surface area (Å²) in [5.74, 6) is -1.33. The van der Waals surface area contributed by atoms with Crippen LogP contribution in [0, 0.1) is 21.4 Å². The molecule has 0 aromatic heterocycles. The second-order valence-electron chi connectivity index (χ2n) is 5.33. The van der Waals surface area contributed by atoms with Crippen LogP contribution < -0.4 is 14.8 Å². The van der Waals surface area contributed by atoms with Crippen LogP contribution in [0.2, 0.25) is 5.02 Å². The zero-order valence-corrected chi connectivity index (χ0v) is 15.4. The Morgan fingerprint density at radius 2 is 2.07 bits per heavy atom. The van der Waals surface area contributed by atoms with Crippen LogP contribution in [0.3, 0.4) is 0 Å². The zero-order chi connectivity index (χ0) is 21.6. The van der Waals surface area contributed by atoms with Gasteiger partial charge in [-0.1, -0.05) is 11.6 Å². The van der Waals surface area contributed by atoms with Gasteiger partial charge in [-0.25, -0.2) is 0 Å². The van der Waals surface area contributed by atoms with Crippen molar-refractivity contribution in [2.24, 2.45) is 0 Å². The van der Waals surface area contributed by atoms with Crippen molar-refractivity contribution in [3.05, 3.63) is 62.7 Å². The van der Waals surface area contributed by atoms with E-state index >= 15 is 0 Å². The molecule has 0 fully saturated rings. The van der Waals surface area contributed by atoms with E-state index in [-0.39, 0.29) is 21.9 Å². The molecule has 0 bridgehead atoms. The Kier molecular flexibility index (Phi) is 7.05. The van der Waals surface area contributed by atoms with Gasteiger partial charge in [-0.3, -0.25) is 14.9 Å². The fourth-order valence-electron chi connectivity index (χ4n) is 2.24. The summed E-state index contributed by atoms with van der Waals surface area (Å²) in [6.45, 7) is -3.20. The van der Waals surface area contributed by atoms with Crippen molar-refractivity contribution in [2.75, 3.05) is 12.4 Å². The lowest BCUT2D eigenvalue weighted by atomic mass is 10.1. The van der Waals surface area contributed by atoms with Crippen LogP contribution in [0.4, 0.5) is 20.2 Å². The average molecular weight is 424 g/mol. The van der Waals surface area contributed by atoms with Gasteiger partial charge < -0.3 is 14.8 Å². The second-order valence-corrected chi connectivity index (χ2v) is 5.73. The Labute approximate surface area is 168 Å². The minimum absolute atomic E-state index is 0.0681. The monoisotopic (exact) mass is 423 g/mol. The lowest BCUT2D eigenvalue weighted by Crippen LogP contribution is -2.08. The van der Waals surface area contributed by atoms with Gasteiger partial charge in [-0.2, -0.15) is 14.0 Å². The number of halogens is 3. The number of hydrogen-bond acceptors (Lipinski definition) is 6. The normalized spacial score (nSPS) is 10.6. The topological polar surface area (TPSA) is 114 Å². The number of carbonyl (C=O) groups is 1. The molecule has 0 aliphatic carbocycles. The Morgan fingerprint density at radius 3 is 2.62 bits per heavy atom. The summed E-state index contributed by atoms with van der Waals surface area (Å²) in [5, 5.41) is 22.7. The molecule has 0 radical (unpaired) electrons. The van der Waals surface area contributed by atoms with Crippen LogP contribution in [-0.2, 0) is 4.79 Å². The van der Waals surface area contributed by atoms with Gasteiger partial charge in [-0.15, -0.1) is 0 Å². The molecular formula is C18H12ClF2N3O5. The van der Waals surface area contributed by atoms with Crippen molar-refractivity contribution < 1.29 is 28.0 Å². The molecule has 11 heteroatoms. The summed E-state index contributed by atoms with van der Waals surface area (Å²) in [6.07, 6.45) is 2.12. The number of nitro groups is 1. The van der Waals surface area contributed by atoms with Crippen LogP contribution in [0.1, 0.15) is 11.1 Å². The van der Waals surface area contributed by atoms with E-state index in [0.29, 0.717) is 5.69 Å². The number of rotatable bonds is 7. The third kappa shape index (κ3) is 5.63. The molecule has 2 aromatic rings. The fourth-order valence-corrected chi connectivity index (χ4v) is 2.46. The summed E-state index contributed by atoms with van der Waals surface area (Å²) < 4.78 is 34.0. The summed E-state index contributed by atoms with van der Waals surface area (Å²) >= 11 is 5.88. The largest absolute Gasteiger partial charge is 0.493 e. The van der Waals surface area contributed by atoms with E-state index in [1.165, 1.54) is 25.3 Å². The van der Waals surface area contributed by atoms with E-state index < -0.39 is 28.9 Å². The fraction of sp³-hybridized carbons (Fsp3) is 0.111. The smallest absolute Gasteiger partial charge is 0.387 e. The minimum Gasteiger partial charge on any atom is -0.493 e. The van der Waals surface area contributed by atoms with Crippen LogP contribution >= 0.6 is 11.6 Å². The third-order valence-corrected chi connectivity index (χ3v) is 3.81. The van der Waals surface area contributed by atoms with E-state index in [4.69, 9.17) is 21.6 Å². The van der Waals surface area contributed by atoms with Gasteiger partial charge in [0.1, 0.15) is 6.07 Å². The molecule has 0 saturated heterocycles. The van der Waals surface area contributed by atoms with Crippen molar-refractivity contribution in [1.82, 2.24) is 0 Å². The number of amides is 1. The number of ether oxygens (including phenoxy) is 2. The summed E-state index contributed by atoms with van der Waals surface area (Å²) in [5.41, 5.74) is -0.0983. The van der Waals surface area contributed by atoms with Gasteiger partial charge in [0, 0.05) is 11.8 Å². The van der Waals surface area contributed by atoms with Crippen LogP contribution in [0.25, 0.3) is 6.08 Å². The van der Waals surface area contributed by atoms with Gasteiger partial charge in [0.2, 0.25) is 5.91 Å². The number of benzene rings is 2.